The molecule has 0 aliphatic carbocycles. The Hall–Kier alpha value is -9.11. The van der Waals surface area contributed by atoms with Crippen LogP contribution in [-0.2, 0) is 48.8 Å². The Morgan fingerprint density at radius 3 is 0.837 bits per heavy atom. The van der Waals surface area contributed by atoms with Gasteiger partial charge >= 0.3 is 38.2 Å². The summed E-state index contributed by atoms with van der Waals surface area (Å²) < 4.78 is 284. The van der Waals surface area contributed by atoms with Crippen LogP contribution in [0.5, 0.6) is 46.0 Å². The van der Waals surface area contributed by atoms with E-state index in [1.807, 2.05) is 24.3 Å². The zero-order valence-electron chi connectivity index (χ0n) is 65.0. The van der Waals surface area contributed by atoms with Gasteiger partial charge in [0.25, 0.3) is 0 Å². The van der Waals surface area contributed by atoms with Crippen LogP contribution >= 0.6 is 9.90 Å². The molecule has 5 heterocycles. The van der Waals surface area contributed by atoms with Crippen molar-refractivity contribution in [3.8, 4) is 46.0 Å². The molecule has 123 heavy (non-hydrogen) atoms. The maximum absolute atomic E-state index is 13.8. The highest BCUT2D eigenvalue weighted by molar-refractivity contribution is 6.92. The van der Waals surface area contributed by atoms with Crippen molar-refractivity contribution in [1.29, 1.82) is 0 Å². The average Bonchev–Trinajstić information content (AvgIpc) is 0.773. The van der Waals surface area contributed by atoms with Gasteiger partial charge in [0.15, 0.2) is 12.6 Å². The summed E-state index contributed by atoms with van der Waals surface area (Å²) in [5, 5.41) is 53.0. The summed E-state index contributed by atoms with van der Waals surface area (Å²) in [5.74, 6) is -2.78. The first-order valence-corrected chi connectivity index (χ1v) is 38.3. The van der Waals surface area contributed by atoms with Crippen LogP contribution in [0.25, 0.3) is 0 Å². The maximum atomic E-state index is 13.8. The Morgan fingerprint density at radius 1 is 0.341 bits per heavy atom. The van der Waals surface area contributed by atoms with Crippen molar-refractivity contribution >= 4 is 9.90 Å². The second kappa shape index (κ2) is 41.8. The van der Waals surface area contributed by atoms with Crippen LogP contribution in [0.3, 0.4) is 0 Å². The zero-order chi connectivity index (χ0) is 87.1. The number of likely N-dealkylation sites (tertiary alicyclic amines) is 2. The molecular weight excluding hydrogens is 1690 g/mol. The Kier molecular flexibility index (Phi) is 33.2. The van der Waals surface area contributed by atoms with Gasteiger partial charge in [-0.05, 0) is 225 Å². The number of piperidine rings is 3. The summed E-state index contributed by atoms with van der Waals surface area (Å²) in [4.78, 5) is 2.22. The molecule has 4 N–H and O–H groups in total. The Labute approximate surface area is 699 Å². The molecule has 5 saturated heterocycles. The molecule has 8 aromatic carbocycles. The van der Waals surface area contributed by atoms with Gasteiger partial charge in [-0.2, -0.15) is 9.90 Å². The van der Waals surface area contributed by atoms with Crippen molar-refractivity contribution in [3.05, 3.63) is 244 Å². The third-order valence-electron chi connectivity index (χ3n) is 20.9. The van der Waals surface area contributed by atoms with E-state index in [2.05, 4.69) is 38.6 Å². The van der Waals surface area contributed by atoms with Gasteiger partial charge in [-0.15, -0.1) is 79.0 Å². The second-order valence-corrected chi connectivity index (χ2v) is 29.2. The first-order valence-electron chi connectivity index (χ1n) is 38.3. The molecule has 0 spiro atoms. The van der Waals surface area contributed by atoms with Gasteiger partial charge in [-0.25, -0.2) is 0 Å². The molecule has 19 nitrogen and oxygen atoms in total. The third-order valence-corrected chi connectivity index (χ3v) is 20.9. The number of alkyl halides is 18. The van der Waals surface area contributed by atoms with Gasteiger partial charge in [0.2, 0.25) is 0 Å². The summed E-state index contributed by atoms with van der Waals surface area (Å²) in [6.45, 7) is 6.54. The van der Waals surface area contributed by atoms with Crippen LogP contribution in [0.4, 0.5) is 79.0 Å². The van der Waals surface area contributed by atoms with Crippen LogP contribution in [0, 0.1) is 23.0 Å². The fourth-order valence-electron chi connectivity index (χ4n) is 15.3. The number of hydrogen-bond acceptors (Lipinski definition) is 18. The lowest BCUT2D eigenvalue weighted by Crippen LogP contribution is -2.51. The van der Waals surface area contributed by atoms with Crippen LogP contribution in [0.1, 0.15) is 103 Å². The largest absolute Gasteiger partial charge is 0.633 e. The quantitative estimate of drug-likeness (QED) is 0.0181. The number of nitrogens with one attached hydrogen (secondary N) is 1. The van der Waals surface area contributed by atoms with Crippen LogP contribution in [0.2, 0.25) is 0 Å². The molecule has 5 aliphatic heterocycles. The zero-order valence-corrected chi connectivity index (χ0v) is 66.4. The van der Waals surface area contributed by atoms with E-state index in [1.54, 1.807) is 24.3 Å². The van der Waals surface area contributed by atoms with Gasteiger partial charge in [-0.3, -0.25) is 4.90 Å². The molecule has 5 aliphatic rings. The highest BCUT2D eigenvalue weighted by Crippen LogP contribution is 2.48. The topological polar surface area (TPSA) is 210 Å². The standard InChI is InChI=1S/C32H33F6NO7.C32H33F6NO6.C20H19F6NO3.CH4.H3P/c33-31(34,35)45-27-10-4-23(5-11-27)30(40,24-6-12-28(13-7-24)46-32(36,37)38)25-14-16-39(41,17-15-25)20-22-2-8-26(9-3-22)44-21-29-42-18-1-19-43-29;33-31(34,35)44-27-10-4-23(5-11-27)30(40,24-6-12-28(13-7-24)45-32(36,37)38)25-14-16-39(17-15-25)20-22-2-8-26(9-3-22)43-21-29-41-18-1-19-42-29;21-19(22,23)29-16-5-1-13(2-6-16)18(28,15-9-11-27-12-10-15)14-3-7-17(8-4-14)30-20(24,25)26;;/h2-13,25,29,40H,1,14-21H2;2-13,25,29,40H,1,14-21H2;1-8,15,27-28H,9-12H2;1H4;1H3. The Morgan fingerprint density at radius 2 is 0.577 bits per heavy atom. The lowest BCUT2D eigenvalue weighted by atomic mass is 9.72. The highest BCUT2D eigenvalue weighted by Gasteiger charge is 2.48. The number of quaternary nitrogens is 1. The van der Waals surface area contributed by atoms with E-state index in [4.69, 9.17) is 28.4 Å². The van der Waals surface area contributed by atoms with E-state index in [9.17, 15) is 99.6 Å². The normalized spacial score (nSPS) is 18.5. The van der Waals surface area contributed by atoms with Gasteiger partial charge in [0.05, 0.1) is 39.5 Å². The minimum absolute atomic E-state index is 0. The van der Waals surface area contributed by atoms with Crippen molar-refractivity contribution in [2.75, 3.05) is 78.9 Å². The fraction of sp³-hybridized carbons (Fsp3) is 0.435. The van der Waals surface area contributed by atoms with E-state index >= 15 is 0 Å². The number of rotatable bonds is 25. The predicted octanol–water partition coefficient (Wildman–Crippen LogP) is 19.0. The summed E-state index contributed by atoms with van der Waals surface area (Å²) in [7, 11) is 0. The van der Waals surface area contributed by atoms with Crippen molar-refractivity contribution in [3.63, 3.8) is 0 Å². The first-order chi connectivity index (χ1) is 57.1. The first kappa shape index (κ1) is 97.7. The highest BCUT2D eigenvalue weighted by atomic mass is 31.0. The number of aliphatic hydroxyl groups is 3. The van der Waals surface area contributed by atoms with Crippen LogP contribution < -0.4 is 43.2 Å². The van der Waals surface area contributed by atoms with Gasteiger partial charge < -0.3 is 87.3 Å². The van der Waals surface area contributed by atoms with Gasteiger partial charge in [0, 0.05) is 30.9 Å². The molecule has 0 amide bonds. The Bertz CT molecular complexity index is 4310. The summed E-state index contributed by atoms with van der Waals surface area (Å²) in [6.07, 6.45) is -25.8. The lowest BCUT2D eigenvalue weighted by Gasteiger charge is -2.50. The summed E-state index contributed by atoms with van der Waals surface area (Å²) in [6, 6.07) is 43.5. The number of hydroxylamine groups is 3. The van der Waals surface area contributed by atoms with E-state index in [0.29, 0.717) is 125 Å². The summed E-state index contributed by atoms with van der Waals surface area (Å²) in [5.41, 5.74) is -1.72. The monoisotopic (exact) mass is 1780 g/mol. The molecular formula is C85H92F18N3O16P. The molecule has 0 aromatic heterocycles. The molecule has 38 heteroatoms. The molecule has 0 radical (unpaired) electrons. The SMILES string of the molecule is C.OC(c1ccc(OC(F)(F)F)cc1)(c1ccc(OC(F)(F)F)cc1)C1CCN(Cc2ccc(OCC3OCCCO3)cc2)CC1.OC(c1ccc(OC(F)(F)F)cc1)(c1ccc(OC(F)(F)F)cc1)C1CCNCC1.P.[O-][N+]1(Cc2ccc(OCC3OCCCO3)cc2)CCC(C(O)(c2ccc(OC(F)(F)F)cc2)c2ccc(OC(F)(F)F)cc2)CC1. The van der Waals surface area contributed by atoms with E-state index in [-0.39, 0.29) is 79.7 Å². The number of halogens is 18. The van der Waals surface area contributed by atoms with Crippen molar-refractivity contribution in [2.45, 2.75) is 139 Å². The predicted molar refractivity (Wildman–Crippen MR) is 413 cm³/mol. The third kappa shape index (κ3) is 28.7. The van der Waals surface area contributed by atoms with Crippen LogP contribution in [-0.4, -0.2) is 155 Å². The molecule has 13 rings (SSSR count). The van der Waals surface area contributed by atoms with E-state index in [0.717, 1.165) is 96.8 Å². The molecule has 1 unspecified atom stereocenters. The van der Waals surface area contributed by atoms with Crippen molar-refractivity contribution in [2.24, 2.45) is 17.8 Å². The molecule has 0 bridgehead atoms. The van der Waals surface area contributed by atoms with Gasteiger partial charge in [0.1, 0.15) is 82.6 Å². The number of nitrogens with zero attached hydrogens (tertiary/aromatic N) is 2. The average molecular weight is 1780 g/mol. The summed E-state index contributed by atoms with van der Waals surface area (Å²) >= 11 is 0. The molecule has 8 aromatic rings. The number of ether oxygens (including phenoxy) is 12. The maximum Gasteiger partial charge on any atom is 0.573 e. The molecule has 674 valence electrons. The minimum atomic E-state index is -4.92. The van der Waals surface area contributed by atoms with Crippen molar-refractivity contribution in [1.82, 2.24) is 10.2 Å². The van der Waals surface area contributed by atoms with Crippen molar-refractivity contribution < 1.29 is 156 Å². The minimum Gasteiger partial charge on any atom is -0.633 e. The van der Waals surface area contributed by atoms with E-state index < -0.39 is 112 Å². The number of benzene rings is 8. The second-order valence-electron chi connectivity index (χ2n) is 29.2. The van der Waals surface area contributed by atoms with Gasteiger partial charge in [-0.1, -0.05) is 92.4 Å². The lowest BCUT2D eigenvalue weighted by molar-refractivity contribution is -0.900. The Balaban J connectivity index is 0.000000212. The molecule has 0 saturated carbocycles. The van der Waals surface area contributed by atoms with E-state index in [1.165, 1.54) is 72.8 Å². The smallest absolute Gasteiger partial charge is 0.573 e. The fourth-order valence-corrected chi connectivity index (χ4v) is 15.3. The molecule has 1 atom stereocenters. The molecule has 5 fully saturated rings. The van der Waals surface area contributed by atoms with Crippen LogP contribution in [0.15, 0.2) is 194 Å². The number of hydrogen-bond donors (Lipinski definition) is 4.